The number of aryl methyl sites for hydroxylation is 3. The van der Waals surface area contributed by atoms with Crippen molar-refractivity contribution in [2.24, 2.45) is 0 Å². The second-order valence-corrected chi connectivity index (χ2v) is 7.73. The van der Waals surface area contributed by atoms with Gasteiger partial charge in [0.05, 0.1) is 11.1 Å². The van der Waals surface area contributed by atoms with Crippen LogP contribution in [-0.4, -0.2) is 51.4 Å². The molecule has 0 aliphatic carbocycles. The van der Waals surface area contributed by atoms with Gasteiger partial charge in [0.25, 0.3) is 5.56 Å². The van der Waals surface area contributed by atoms with Crippen molar-refractivity contribution in [3.8, 4) is 0 Å². The maximum Gasteiger partial charge on any atom is 0.297 e. The molecule has 1 atom stereocenters. The summed E-state index contributed by atoms with van der Waals surface area (Å²) in [7, 11) is 0. The van der Waals surface area contributed by atoms with Crippen molar-refractivity contribution in [2.45, 2.75) is 40.3 Å². The van der Waals surface area contributed by atoms with Gasteiger partial charge in [-0.25, -0.2) is 4.68 Å². The lowest BCUT2D eigenvalue weighted by Crippen LogP contribution is -2.54. The number of hydrogen-bond donors (Lipinski definition) is 0. The van der Waals surface area contributed by atoms with Crippen molar-refractivity contribution >= 4 is 22.5 Å². The number of hydrogen-bond acceptors (Lipinski definition) is 6. The summed E-state index contributed by atoms with van der Waals surface area (Å²) in [6.07, 6.45) is 0. The van der Waals surface area contributed by atoms with Crippen LogP contribution in [0.4, 0.5) is 5.69 Å². The van der Waals surface area contributed by atoms with Crippen LogP contribution in [0.15, 0.2) is 33.6 Å². The van der Waals surface area contributed by atoms with Gasteiger partial charge in [-0.15, -0.1) is 0 Å². The molecule has 0 bridgehead atoms. The van der Waals surface area contributed by atoms with E-state index in [4.69, 9.17) is 4.52 Å². The van der Waals surface area contributed by atoms with E-state index in [-0.39, 0.29) is 24.0 Å². The fraction of sp³-hybridized carbons (Fsp3) is 0.429. The van der Waals surface area contributed by atoms with E-state index in [9.17, 15) is 9.59 Å². The Kier molecular flexibility index (Phi) is 4.86. The molecule has 1 aromatic carbocycles. The van der Waals surface area contributed by atoms with Crippen molar-refractivity contribution < 1.29 is 9.32 Å². The van der Waals surface area contributed by atoms with Gasteiger partial charge in [-0.05, 0) is 45.4 Å². The van der Waals surface area contributed by atoms with Crippen molar-refractivity contribution in [1.29, 1.82) is 0 Å². The Balaban J connectivity index is 1.50. The van der Waals surface area contributed by atoms with Crippen molar-refractivity contribution in [1.82, 2.24) is 19.8 Å². The van der Waals surface area contributed by atoms with Crippen LogP contribution in [0.5, 0.6) is 0 Å². The molecular formula is C21H25N5O3. The minimum Gasteiger partial charge on any atom is -0.365 e. The quantitative estimate of drug-likeness (QED) is 0.675. The highest BCUT2D eigenvalue weighted by Gasteiger charge is 2.28. The van der Waals surface area contributed by atoms with Crippen LogP contribution in [0.2, 0.25) is 0 Å². The highest BCUT2D eigenvalue weighted by atomic mass is 16.5. The first-order valence-electron chi connectivity index (χ1n) is 9.80. The van der Waals surface area contributed by atoms with E-state index in [2.05, 4.69) is 53.3 Å². The molecule has 2 aromatic heterocycles. The van der Waals surface area contributed by atoms with Crippen LogP contribution in [0.1, 0.15) is 23.9 Å². The molecule has 1 aliphatic heterocycles. The SMILES string of the molecule is Cc1cccc(N2CCN(C(=O)Cn3nc(C)c4c(C)onc4c3=O)CC2C)c1. The molecule has 152 valence electrons. The van der Waals surface area contributed by atoms with Gasteiger partial charge in [-0.3, -0.25) is 9.59 Å². The minimum atomic E-state index is -0.401. The third-order valence-corrected chi connectivity index (χ3v) is 5.53. The van der Waals surface area contributed by atoms with E-state index in [1.165, 1.54) is 15.9 Å². The number of carbonyl (C=O) groups excluding carboxylic acids is 1. The average Bonchev–Trinajstić information content (AvgIpc) is 3.08. The zero-order valence-electron chi connectivity index (χ0n) is 17.2. The monoisotopic (exact) mass is 395 g/mol. The van der Waals surface area contributed by atoms with E-state index in [1.807, 2.05) is 0 Å². The van der Waals surface area contributed by atoms with Gasteiger partial charge in [0.1, 0.15) is 12.3 Å². The van der Waals surface area contributed by atoms with Crippen LogP contribution < -0.4 is 10.5 Å². The van der Waals surface area contributed by atoms with Crippen molar-refractivity contribution in [3.63, 3.8) is 0 Å². The van der Waals surface area contributed by atoms with Crippen LogP contribution in [0, 0.1) is 20.8 Å². The lowest BCUT2D eigenvalue weighted by Gasteiger charge is -2.41. The lowest BCUT2D eigenvalue weighted by atomic mass is 10.1. The summed E-state index contributed by atoms with van der Waals surface area (Å²) in [5.41, 5.74) is 2.84. The third-order valence-electron chi connectivity index (χ3n) is 5.53. The highest BCUT2D eigenvalue weighted by molar-refractivity contribution is 5.82. The van der Waals surface area contributed by atoms with E-state index < -0.39 is 5.56 Å². The standard InChI is InChI=1S/C21H25N5O3/c1-13-6-5-7-17(10-13)25-9-8-24(11-14(25)2)18(27)12-26-21(28)20-19(15(3)22-26)16(4)29-23-20/h5-7,10,14H,8-9,11-12H2,1-4H3. The summed E-state index contributed by atoms with van der Waals surface area (Å²) in [5.74, 6) is 0.441. The van der Waals surface area contributed by atoms with E-state index in [1.54, 1.807) is 18.7 Å². The molecule has 29 heavy (non-hydrogen) atoms. The molecule has 3 aromatic rings. The normalized spacial score (nSPS) is 17.2. The molecule has 0 spiro atoms. The number of aromatic nitrogens is 3. The zero-order chi connectivity index (χ0) is 20.7. The second-order valence-electron chi connectivity index (χ2n) is 7.73. The number of carbonyl (C=O) groups is 1. The number of piperazine rings is 1. The Hall–Kier alpha value is -3.16. The van der Waals surface area contributed by atoms with Gasteiger partial charge in [-0.1, -0.05) is 17.3 Å². The summed E-state index contributed by atoms with van der Waals surface area (Å²) in [4.78, 5) is 29.6. The minimum absolute atomic E-state index is 0.0985. The van der Waals surface area contributed by atoms with Crippen LogP contribution in [0.3, 0.4) is 0 Å². The maximum atomic E-state index is 12.9. The molecule has 1 amide bonds. The molecular weight excluding hydrogens is 370 g/mol. The maximum absolute atomic E-state index is 12.9. The molecule has 1 aliphatic rings. The van der Waals surface area contributed by atoms with Crippen LogP contribution >= 0.6 is 0 Å². The summed E-state index contributed by atoms with van der Waals surface area (Å²) in [6, 6.07) is 8.57. The third kappa shape index (κ3) is 3.50. The van der Waals surface area contributed by atoms with E-state index in [0.29, 0.717) is 29.9 Å². The molecule has 1 saturated heterocycles. The van der Waals surface area contributed by atoms with Crippen LogP contribution in [-0.2, 0) is 11.3 Å². The Morgan fingerprint density at radius 1 is 1.24 bits per heavy atom. The van der Waals surface area contributed by atoms with Gasteiger partial charge < -0.3 is 14.3 Å². The molecule has 1 unspecified atom stereocenters. The number of rotatable bonds is 3. The van der Waals surface area contributed by atoms with E-state index >= 15 is 0 Å². The van der Waals surface area contributed by atoms with Crippen LogP contribution in [0.25, 0.3) is 10.9 Å². The molecule has 8 nitrogen and oxygen atoms in total. The summed E-state index contributed by atoms with van der Waals surface area (Å²) < 4.78 is 6.32. The second kappa shape index (κ2) is 7.35. The number of fused-ring (bicyclic) bond motifs is 1. The smallest absolute Gasteiger partial charge is 0.297 e. The Bertz CT molecular complexity index is 1130. The molecule has 1 fully saturated rings. The van der Waals surface area contributed by atoms with Gasteiger partial charge in [0.15, 0.2) is 5.52 Å². The zero-order valence-corrected chi connectivity index (χ0v) is 17.2. The fourth-order valence-electron chi connectivity index (χ4n) is 4.05. The first-order chi connectivity index (χ1) is 13.8. The number of nitrogens with zero attached hydrogens (tertiary/aromatic N) is 5. The predicted octanol–water partition coefficient (Wildman–Crippen LogP) is 2.05. The number of amides is 1. The summed E-state index contributed by atoms with van der Waals surface area (Å²) >= 11 is 0. The average molecular weight is 395 g/mol. The lowest BCUT2D eigenvalue weighted by molar-refractivity contribution is -0.132. The molecule has 4 rings (SSSR count). The van der Waals surface area contributed by atoms with Crippen molar-refractivity contribution in [2.75, 3.05) is 24.5 Å². The predicted molar refractivity (Wildman–Crippen MR) is 110 cm³/mol. The van der Waals surface area contributed by atoms with Gasteiger partial charge in [0, 0.05) is 31.4 Å². The van der Waals surface area contributed by atoms with E-state index in [0.717, 1.165) is 6.54 Å². The Labute approximate surface area is 168 Å². The largest absolute Gasteiger partial charge is 0.365 e. The summed E-state index contributed by atoms with van der Waals surface area (Å²) in [5, 5.41) is 8.77. The van der Waals surface area contributed by atoms with Gasteiger partial charge >= 0.3 is 0 Å². The topological polar surface area (TPSA) is 84.5 Å². The van der Waals surface area contributed by atoms with Crippen molar-refractivity contribution in [3.05, 3.63) is 51.6 Å². The molecule has 0 N–H and O–H groups in total. The fourth-order valence-corrected chi connectivity index (χ4v) is 4.05. The Morgan fingerprint density at radius 3 is 2.76 bits per heavy atom. The van der Waals surface area contributed by atoms with Gasteiger partial charge in [-0.2, -0.15) is 5.10 Å². The first kappa shape index (κ1) is 19.2. The molecule has 0 radical (unpaired) electrons. The Morgan fingerprint density at radius 2 is 2.03 bits per heavy atom. The first-order valence-corrected chi connectivity index (χ1v) is 9.80. The molecule has 3 heterocycles. The molecule has 8 heteroatoms. The number of anilines is 1. The van der Waals surface area contributed by atoms with Gasteiger partial charge in [0.2, 0.25) is 5.91 Å². The summed E-state index contributed by atoms with van der Waals surface area (Å²) in [6.45, 7) is 9.58. The molecule has 0 saturated carbocycles. The highest BCUT2D eigenvalue weighted by Crippen LogP contribution is 2.22. The number of benzene rings is 1.